The topological polar surface area (TPSA) is 35.2 Å². The van der Waals surface area contributed by atoms with Crippen LogP contribution in [0.2, 0.25) is 0 Å². The van der Waals surface area contributed by atoms with Crippen LogP contribution in [0.4, 0.5) is 0 Å². The van der Waals surface area contributed by atoms with Crippen LogP contribution in [-0.4, -0.2) is 0 Å². The third kappa shape index (κ3) is 3.58. The van der Waals surface area contributed by atoms with E-state index in [1.54, 1.807) is 0 Å². The third-order valence-corrected chi connectivity index (χ3v) is 3.77. The van der Waals surface area contributed by atoms with Crippen molar-refractivity contribution in [3.8, 4) is 11.5 Å². The highest BCUT2D eigenvalue weighted by Crippen LogP contribution is 2.28. The van der Waals surface area contributed by atoms with Gasteiger partial charge in [0.1, 0.15) is 11.5 Å². The van der Waals surface area contributed by atoms with Gasteiger partial charge in [0.05, 0.1) is 0 Å². The molecule has 0 amide bonds. The Bertz CT molecular complexity index is 549. The van der Waals surface area contributed by atoms with Crippen LogP contribution in [0.15, 0.2) is 46.9 Å². The highest BCUT2D eigenvalue weighted by molar-refractivity contribution is 9.10. The number of rotatable bonds is 4. The average Bonchev–Trinajstić information content (AvgIpc) is 2.39. The van der Waals surface area contributed by atoms with Gasteiger partial charge in [0.25, 0.3) is 0 Å². The quantitative estimate of drug-likeness (QED) is 0.876. The van der Waals surface area contributed by atoms with Gasteiger partial charge in [0.2, 0.25) is 0 Å². The zero-order chi connectivity index (χ0) is 13.8. The predicted molar refractivity (Wildman–Crippen MR) is 82.6 cm³/mol. The average molecular weight is 320 g/mol. The van der Waals surface area contributed by atoms with Crippen molar-refractivity contribution in [3.63, 3.8) is 0 Å². The molecule has 0 fully saturated rings. The van der Waals surface area contributed by atoms with Crippen LogP contribution in [0.1, 0.15) is 30.9 Å². The molecule has 2 N–H and O–H groups in total. The predicted octanol–water partition coefficient (Wildman–Crippen LogP) is 4.82. The number of ether oxygens (including phenoxy) is 1. The molecule has 0 aliphatic rings. The molecule has 2 aromatic carbocycles. The van der Waals surface area contributed by atoms with Gasteiger partial charge in [-0.25, -0.2) is 0 Å². The maximum absolute atomic E-state index is 5.82. The van der Waals surface area contributed by atoms with Gasteiger partial charge >= 0.3 is 0 Å². The summed E-state index contributed by atoms with van der Waals surface area (Å²) in [4.78, 5) is 0. The van der Waals surface area contributed by atoms with E-state index in [4.69, 9.17) is 10.5 Å². The number of benzene rings is 2. The molecule has 0 radical (unpaired) electrons. The molecular formula is C16H18BrNO. The molecule has 0 aliphatic carbocycles. The number of hydrogen-bond acceptors (Lipinski definition) is 2. The van der Waals surface area contributed by atoms with Gasteiger partial charge in [0.15, 0.2) is 0 Å². The van der Waals surface area contributed by atoms with Gasteiger partial charge in [-0.3, -0.25) is 0 Å². The lowest BCUT2D eigenvalue weighted by molar-refractivity contribution is 0.481. The maximum Gasteiger partial charge on any atom is 0.128 e. The Hall–Kier alpha value is -1.32. The molecule has 19 heavy (non-hydrogen) atoms. The van der Waals surface area contributed by atoms with Gasteiger partial charge in [-0.15, -0.1) is 0 Å². The Morgan fingerprint density at radius 2 is 1.68 bits per heavy atom. The summed E-state index contributed by atoms with van der Waals surface area (Å²) in [6.07, 6.45) is 0. The molecule has 0 saturated heterocycles. The Balaban J connectivity index is 2.14. The Morgan fingerprint density at radius 3 is 2.21 bits per heavy atom. The molecule has 2 rings (SSSR count). The maximum atomic E-state index is 5.82. The van der Waals surface area contributed by atoms with Crippen molar-refractivity contribution in [1.29, 1.82) is 0 Å². The fraction of sp³-hybridized carbons (Fsp3) is 0.250. The molecule has 0 aromatic heterocycles. The Labute approximate surface area is 122 Å². The first kappa shape index (κ1) is 14.1. The lowest BCUT2D eigenvalue weighted by Gasteiger charge is -2.10. The lowest BCUT2D eigenvalue weighted by Crippen LogP contribution is -1.97. The molecule has 0 unspecified atom stereocenters. The summed E-state index contributed by atoms with van der Waals surface area (Å²) in [7, 11) is 0. The third-order valence-electron chi connectivity index (χ3n) is 3.03. The monoisotopic (exact) mass is 319 g/mol. The SMILES string of the molecule is CC(C)c1ccc(Oc2ccc(CN)c(Br)c2)cc1. The largest absolute Gasteiger partial charge is 0.457 e. The van der Waals surface area contributed by atoms with E-state index in [9.17, 15) is 0 Å². The van der Waals surface area contributed by atoms with Crippen molar-refractivity contribution in [2.75, 3.05) is 0 Å². The summed E-state index contributed by atoms with van der Waals surface area (Å²) in [5, 5.41) is 0. The Kier molecular flexibility index (Phi) is 4.61. The molecule has 0 saturated carbocycles. The van der Waals surface area contributed by atoms with E-state index in [2.05, 4.69) is 41.9 Å². The summed E-state index contributed by atoms with van der Waals surface area (Å²) < 4.78 is 6.80. The van der Waals surface area contributed by atoms with Crippen LogP contribution in [0.3, 0.4) is 0 Å². The number of halogens is 1. The van der Waals surface area contributed by atoms with E-state index >= 15 is 0 Å². The second-order valence-electron chi connectivity index (χ2n) is 4.78. The van der Waals surface area contributed by atoms with Gasteiger partial charge in [-0.2, -0.15) is 0 Å². The molecular weight excluding hydrogens is 302 g/mol. The highest BCUT2D eigenvalue weighted by atomic mass is 79.9. The van der Waals surface area contributed by atoms with Crippen molar-refractivity contribution in [1.82, 2.24) is 0 Å². The molecule has 2 nitrogen and oxygen atoms in total. The van der Waals surface area contributed by atoms with Crippen molar-refractivity contribution in [3.05, 3.63) is 58.1 Å². The molecule has 0 bridgehead atoms. The zero-order valence-corrected chi connectivity index (χ0v) is 12.8. The van der Waals surface area contributed by atoms with Gasteiger partial charge in [0, 0.05) is 11.0 Å². The van der Waals surface area contributed by atoms with E-state index in [1.165, 1.54) is 5.56 Å². The minimum absolute atomic E-state index is 0.518. The summed E-state index contributed by atoms with van der Waals surface area (Å²) in [6, 6.07) is 14.1. The van der Waals surface area contributed by atoms with E-state index in [-0.39, 0.29) is 0 Å². The first-order valence-electron chi connectivity index (χ1n) is 6.36. The molecule has 3 heteroatoms. The molecule has 0 atom stereocenters. The van der Waals surface area contributed by atoms with Crippen molar-refractivity contribution >= 4 is 15.9 Å². The van der Waals surface area contributed by atoms with E-state index in [1.807, 2.05) is 30.3 Å². The smallest absolute Gasteiger partial charge is 0.128 e. The summed E-state index contributed by atoms with van der Waals surface area (Å²) in [5.74, 6) is 2.19. The minimum Gasteiger partial charge on any atom is -0.457 e. The van der Waals surface area contributed by atoms with E-state index < -0.39 is 0 Å². The molecule has 0 aliphatic heterocycles. The minimum atomic E-state index is 0.518. The summed E-state index contributed by atoms with van der Waals surface area (Å²) in [5.41, 5.74) is 8.01. The van der Waals surface area contributed by atoms with Gasteiger partial charge in [-0.05, 0) is 41.3 Å². The Morgan fingerprint density at radius 1 is 1.05 bits per heavy atom. The van der Waals surface area contributed by atoms with Crippen LogP contribution >= 0.6 is 15.9 Å². The molecule has 0 heterocycles. The van der Waals surface area contributed by atoms with Crippen LogP contribution in [-0.2, 0) is 6.54 Å². The molecule has 0 spiro atoms. The first-order chi connectivity index (χ1) is 9.10. The lowest BCUT2D eigenvalue weighted by atomic mass is 10.0. The van der Waals surface area contributed by atoms with Crippen LogP contribution in [0, 0.1) is 0 Å². The van der Waals surface area contributed by atoms with Crippen molar-refractivity contribution in [2.24, 2.45) is 5.73 Å². The standard InChI is InChI=1S/C16H18BrNO/c1-11(2)12-3-6-14(7-4-12)19-15-8-5-13(10-18)16(17)9-15/h3-9,11H,10,18H2,1-2H3. The highest BCUT2D eigenvalue weighted by Gasteiger charge is 2.03. The first-order valence-corrected chi connectivity index (χ1v) is 7.15. The number of hydrogen-bond donors (Lipinski definition) is 1. The van der Waals surface area contributed by atoms with Gasteiger partial charge in [-0.1, -0.05) is 48.0 Å². The van der Waals surface area contributed by atoms with E-state index in [0.717, 1.165) is 21.5 Å². The van der Waals surface area contributed by atoms with Crippen LogP contribution < -0.4 is 10.5 Å². The number of nitrogens with two attached hydrogens (primary N) is 1. The summed E-state index contributed by atoms with van der Waals surface area (Å²) in [6.45, 7) is 4.88. The second kappa shape index (κ2) is 6.22. The zero-order valence-electron chi connectivity index (χ0n) is 11.2. The van der Waals surface area contributed by atoms with Gasteiger partial charge < -0.3 is 10.5 Å². The normalized spacial score (nSPS) is 10.8. The van der Waals surface area contributed by atoms with Crippen LogP contribution in [0.5, 0.6) is 11.5 Å². The molecule has 100 valence electrons. The molecule has 2 aromatic rings. The van der Waals surface area contributed by atoms with Crippen molar-refractivity contribution in [2.45, 2.75) is 26.3 Å². The van der Waals surface area contributed by atoms with Crippen LogP contribution in [0.25, 0.3) is 0 Å². The van der Waals surface area contributed by atoms with E-state index in [0.29, 0.717) is 12.5 Å². The second-order valence-corrected chi connectivity index (χ2v) is 5.64. The summed E-state index contributed by atoms with van der Waals surface area (Å²) >= 11 is 3.49. The fourth-order valence-corrected chi connectivity index (χ4v) is 2.33. The fourth-order valence-electron chi connectivity index (χ4n) is 1.81. The van der Waals surface area contributed by atoms with Crippen molar-refractivity contribution < 1.29 is 4.74 Å².